The van der Waals surface area contributed by atoms with E-state index < -0.39 is 0 Å². The summed E-state index contributed by atoms with van der Waals surface area (Å²) in [6.07, 6.45) is 5.08. The number of para-hydroxylation sites is 2. The molecule has 0 bridgehead atoms. The van der Waals surface area contributed by atoms with Gasteiger partial charge in [0.1, 0.15) is 0 Å². The van der Waals surface area contributed by atoms with E-state index in [-0.39, 0.29) is 23.9 Å². The summed E-state index contributed by atoms with van der Waals surface area (Å²) in [5.41, 5.74) is 7.66. The zero-order chi connectivity index (χ0) is 28.2. The Labute approximate surface area is 237 Å². The molecule has 0 aliphatic carbocycles. The van der Waals surface area contributed by atoms with Crippen molar-refractivity contribution in [1.29, 1.82) is 0 Å². The van der Waals surface area contributed by atoms with Crippen LogP contribution in [0.25, 0.3) is 6.08 Å². The second kappa shape index (κ2) is 11.7. The Morgan fingerprint density at radius 2 is 1.52 bits per heavy atom. The minimum atomic E-state index is -0.231. The molecule has 0 N–H and O–H groups in total. The number of carbonyl (C=O) groups excluding carboxylic acids is 2. The van der Waals surface area contributed by atoms with E-state index >= 15 is 0 Å². The monoisotopic (exact) mass is 528 g/mol. The molecule has 0 spiro atoms. The normalized spacial score (nSPS) is 16.6. The van der Waals surface area contributed by atoms with Gasteiger partial charge < -0.3 is 9.80 Å². The Hall–Kier alpha value is -4.44. The van der Waals surface area contributed by atoms with Gasteiger partial charge in [0.15, 0.2) is 0 Å². The number of fused-ring (bicyclic) bond motifs is 1. The van der Waals surface area contributed by atoms with Gasteiger partial charge in [-0.15, -0.1) is 0 Å². The van der Waals surface area contributed by atoms with Gasteiger partial charge in [-0.2, -0.15) is 0 Å². The van der Waals surface area contributed by atoms with Crippen LogP contribution in [-0.2, 0) is 11.2 Å². The fourth-order valence-corrected chi connectivity index (χ4v) is 5.71. The first-order valence-corrected chi connectivity index (χ1v) is 14.0. The van der Waals surface area contributed by atoms with Crippen molar-refractivity contribution in [2.24, 2.45) is 0 Å². The number of hydrogen-bond acceptors (Lipinski definition) is 2. The Morgan fingerprint density at radius 1 is 0.850 bits per heavy atom. The number of amides is 2. The zero-order valence-corrected chi connectivity index (χ0v) is 23.7. The molecule has 4 nitrogen and oxygen atoms in total. The first kappa shape index (κ1) is 27.1. The van der Waals surface area contributed by atoms with E-state index in [1.165, 1.54) is 5.56 Å². The molecule has 0 saturated carbocycles. The van der Waals surface area contributed by atoms with Gasteiger partial charge in [0.05, 0.1) is 11.7 Å². The molecule has 2 amide bonds. The lowest BCUT2D eigenvalue weighted by Crippen LogP contribution is -2.48. The predicted octanol–water partition coefficient (Wildman–Crippen LogP) is 8.09. The van der Waals surface area contributed by atoms with Crippen LogP contribution in [0.3, 0.4) is 0 Å². The van der Waals surface area contributed by atoms with Crippen LogP contribution in [0.4, 0.5) is 11.4 Å². The van der Waals surface area contributed by atoms with Crippen LogP contribution in [0.5, 0.6) is 0 Å². The van der Waals surface area contributed by atoms with Crippen molar-refractivity contribution >= 4 is 29.3 Å². The molecular weight excluding hydrogens is 492 g/mol. The van der Waals surface area contributed by atoms with E-state index in [9.17, 15) is 9.59 Å². The van der Waals surface area contributed by atoms with Gasteiger partial charge in [-0.1, -0.05) is 85.8 Å². The molecule has 0 unspecified atom stereocenters. The first-order valence-electron chi connectivity index (χ1n) is 14.0. The maximum atomic E-state index is 14.0. The summed E-state index contributed by atoms with van der Waals surface area (Å²) >= 11 is 0. The van der Waals surface area contributed by atoms with Crippen molar-refractivity contribution in [3.8, 4) is 0 Å². The number of carbonyl (C=O) groups is 2. The number of hydrogen-bond donors (Lipinski definition) is 0. The Kier molecular flexibility index (Phi) is 7.97. The highest BCUT2D eigenvalue weighted by molar-refractivity contribution is 6.09. The largest absolute Gasteiger partial charge is 0.305 e. The van der Waals surface area contributed by atoms with Crippen LogP contribution in [0.1, 0.15) is 64.5 Å². The van der Waals surface area contributed by atoms with E-state index in [1.807, 2.05) is 121 Å². The second-order valence-corrected chi connectivity index (χ2v) is 10.6. The van der Waals surface area contributed by atoms with Crippen LogP contribution in [0.15, 0.2) is 103 Å². The predicted molar refractivity (Wildman–Crippen MR) is 165 cm³/mol. The molecular formula is C36H36N2O2. The number of anilines is 2. The standard InChI is InChI=1S/C36H36N2O2/c1-5-28-18-21-30(22-19-28)36(40)37-27(4)24-33(31-16-11-13-26(3)35(31)37)38(32-17-10-9-12-25(32)2)34(39)23-20-29-14-7-6-8-15-29/h6-23,27,33H,5,24H2,1-4H3/b23-20+/t27-,33+/m0/s1. The van der Waals surface area contributed by atoms with Crippen molar-refractivity contribution in [3.63, 3.8) is 0 Å². The van der Waals surface area contributed by atoms with Gasteiger partial charge in [-0.05, 0) is 85.7 Å². The smallest absolute Gasteiger partial charge is 0.258 e. The highest BCUT2D eigenvalue weighted by Gasteiger charge is 2.39. The number of nitrogens with zero attached hydrogens (tertiary/aromatic N) is 2. The van der Waals surface area contributed by atoms with E-state index in [0.29, 0.717) is 12.0 Å². The SMILES string of the molecule is CCc1ccc(C(=O)N2c3c(C)cccc3[C@H](N(C(=O)/C=C/c3ccccc3)c3ccccc3C)C[C@@H]2C)cc1. The summed E-state index contributed by atoms with van der Waals surface area (Å²) in [6.45, 7) is 8.28. The minimum absolute atomic E-state index is 0.0121. The highest BCUT2D eigenvalue weighted by Crippen LogP contribution is 2.45. The molecule has 4 heteroatoms. The summed E-state index contributed by atoms with van der Waals surface area (Å²) in [6, 6.07) is 31.6. The van der Waals surface area contributed by atoms with Crippen molar-refractivity contribution in [2.45, 2.75) is 52.6 Å². The molecule has 1 aliphatic heterocycles. The fraction of sp³-hybridized carbons (Fsp3) is 0.222. The second-order valence-electron chi connectivity index (χ2n) is 10.6. The molecule has 0 radical (unpaired) electrons. The number of aryl methyl sites for hydroxylation is 3. The maximum absolute atomic E-state index is 14.0. The van der Waals surface area contributed by atoms with E-state index in [4.69, 9.17) is 0 Å². The van der Waals surface area contributed by atoms with Crippen molar-refractivity contribution < 1.29 is 9.59 Å². The van der Waals surface area contributed by atoms with Crippen LogP contribution in [0, 0.1) is 13.8 Å². The van der Waals surface area contributed by atoms with Gasteiger partial charge in [0.25, 0.3) is 11.8 Å². The van der Waals surface area contributed by atoms with Crippen molar-refractivity contribution in [1.82, 2.24) is 0 Å². The van der Waals surface area contributed by atoms with E-state index in [0.717, 1.165) is 40.0 Å². The molecule has 4 aromatic rings. The number of rotatable bonds is 6. The molecule has 4 aromatic carbocycles. The Bertz CT molecular complexity index is 1540. The highest BCUT2D eigenvalue weighted by atomic mass is 16.2. The molecule has 0 fully saturated rings. The third-order valence-electron chi connectivity index (χ3n) is 7.84. The minimum Gasteiger partial charge on any atom is -0.305 e. The molecule has 1 heterocycles. The number of benzene rings is 4. The van der Waals surface area contributed by atoms with Crippen LogP contribution in [0.2, 0.25) is 0 Å². The van der Waals surface area contributed by atoms with Crippen LogP contribution >= 0.6 is 0 Å². The van der Waals surface area contributed by atoms with E-state index in [2.05, 4.69) is 19.9 Å². The van der Waals surface area contributed by atoms with Crippen molar-refractivity contribution in [2.75, 3.05) is 9.80 Å². The average molecular weight is 529 g/mol. The topological polar surface area (TPSA) is 40.6 Å². The van der Waals surface area contributed by atoms with E-state index in [1.54, 1.807) is 6.08 Å². The third-order valence-corrected chi connectivity index (χ3v) is 7.84. The lowest BCUT2D eigenvalue weighted by molar-refractivity contribution is -0.114. The summed E-state index contributed by atoms with van der Waals surface area (Å²) in [5, 5.41) is 0. The summed E-state index contributed by atoms with van der Waals surface area (Å²) in [7, 11) is 0. The van der Waals surface area contributed by atoms with Gasteiger partial charge in [-0.25, -0.2) is 0 Å². The van der Waals surface area contributed by atoms with Gasteiger partial charge in [0, 0.05) is 23.4 Å². The quantitative estimate of drug-likeness (QED) is 0.237. The molecule has 0 aromatic heterocycles. The molecule has 0 saturated heterocycles. The maximum Gasteiger partial charge on any atom is 0.258 e. The first-order chi connectivity index (χ1) is 19.4. The lowest BCUT2D eigenvalue weighted by atomic mass is 9.87. The molecule has 2 atom stereocenters. The fourth-order valence-electron chi connectivity index (χ4n) is 5.71. The molecule has 202 valence electrons. The average Bonchev–Trinajstić information content (AvgIpc) is 2.98. The molecule has 40 heavy (non-hydrogen) atoms. The van der Waals surface area contributed by atoms with Crippen LogP contribution in [-0.4, -0.2) is 17.9 Å². The lowest BCUT2D eigenvalue weighted by Gasteiger charge is -2.44. The Balaban J connectivity index is 1.59. The van der Waals surface area contributed by atoms with Crippen LogP contribution < -0.4 is 9.80 Å². The summed E-state index contributed by atoms with van der Waals surface area (Å²) < 4.78 is 0. The van der Waals surface area contributed by atoms with Gasteiger partial charge >= 0.3 is 0 Å². The summed E-state index contributed by atoms with van der Waals surface area (Å²) in [5.74, 6) is -0.0976. The van der Waals surface area contributed by atoms with Gasteiger partial charge in [0.2, 0.25) is 0 Å². The van der Waals surface area contributed by atoms with Gasteiger partial charge in [-0.3, -0.25) is 9.59 Å². The Morgan fingerprint density at radius 3 is 2.23 bits per heavy atom. The molecule has 1 aliphatic rings. The van der Waals surface area contributed by atoms with Crippen molar-refractivity contribution in [3.05, 3.63) is 137 Å². The summed E-state index contributed by atoms with van der Waals surface area (Å²) in [4.78, 5) is 31.8. The zero-order valence-electron chi connectivity index (χ0n) is 23.7. The third kappa shape index (κ3) is 5.35. The molecule has 5 rings (SSSR count).